The fourth-order valence-electron chi connectivity index (χ4n) is 3.36. The van der Waals surface area contributed by atoms with Gasteiger partial charge in [-0.15, -0.1) is 12.4 Å². The fourth-order valence-corrected chi connectivity index (χ4v) is 3.36. The average Bonchev–Trinajstić information content (AvgIpc) is 2.56. The number of carbonyl (C=O) groups excluding carboxylic acids is 1. The van der Waals surface area contributed by atoms with Crippen LogP contribution in [0.3, 0.4) is 0 Å². The molecule has 1 amide bonds. The number of amides is 1. The van der Waals surface area contributed by atoms with Gasteiger partial charge in [-0.2, -0.15) is 0 Å². The third-order valence-electron chi connectivity index (χ3n) is 4.88. The molecule has 3 nitrogen and oxygen atoms in total. The van der Waals surface area contributed by atoms with Crippen molar-refractivity contribution >= 4 is 18.3 Å². The molecule has 1 aliphatic rings. The van der Waals surface area contributed by atoms with Gasteiger partial charge in [0.05, 0.1) is 0 Å². The number of rotatable bonds is 7. The van der Waals surface area contributed by atoms with Gasteiger partial charge in [-0.05, 0) is 56.2 Å². The summed E-state index contributed by atoms with van der Waals surface area (Å²) in [5.41, 5.74) is 1.29. The molecule has 1 saturated heterocycles. The minimum atomic E-state index is 0. The fraction of sp³-hybridized carbons (Fsp3) is 0.632. The molecule has 0 aromatic heterocycles. The number of piperidine rings is 1. The second kappa shape index (κ2) is 10.7. The summed E-state index contributed by atoms with van der Waals surface area (Å²) < 4.78 is 0. The lowest BCUT2D eigenvalue weighted by Gasteiger charge is -2.28. The monoisotopic (exact) mass is 338 g/mol. The van der Waals surface area contributed by atoms with Gasteiger partial charge >= 0.3 is 0 Å². The summed E-state index contributed by atoms with van der Waals surface area (Å²) in [6, 6.07) is 10.7. The van der Waals surface area contributed by atoms with E-state index in [4.69, 9.17) is 0 Å². The molecule has 2 rings (SSSR count). The number of hydrogen-bond donors (Lipinski definition) is 2. The van der Waals surface area contributed by atoms with Crippen LogP contribution in [0, 0.1) is 11.8 Å². The van der Waals surface area contributed by atoms with E-state index < -0.39 is 0 Å². The first kappa shape index (κ1) is 20.0. The maximum absolute atomic E-state index is 12.3. The second-order valence-electron chi connectivity index (χ2n) is 6.63. The van der Waals surface area contributed by atoms with Crippen LogP contribution in [-0.2, 0) is 11.2 Å². The first-order chi connectivity index (χ1) is 10.7. The van der Waals surface area contributed by atoms with Crippen molar-refractivity contribution in [2.24, 2.45) is 11.8 Å². The summed E-state index contributed by atoms with van der Waals surface area (Å²) >= 11 is 0. The Labute approximate surface area is 147 Å². The Morgan fingerprint density at radius 1 is 1.26 bits per heavy atom. The zero-order chi connectivity index (χ0) is 15.8. The van der Waals surface area contributed by atoms with Crippen LogP contribution in [-0.4, -0.2) is 25.0 Å². The van der Waals surface area contributed by atoms with Gasteiger partial charge in [0.1, 0.15) is 0 Å². The van der Waals surface area contributed by atoms with E-state index in [-0.39, 0.29) is 24.4 Å². The van der Waals surface area contributed by atoms with E-state index in [1.807, 2.05) is 6.07 Å². The smallest absolute Gasteiger partial charge is 0.220 e. The molecule has 1 fully saturated rings. The molecule has 2 unspecified atom stereocenters. The summed E-state index contributed by atoms with van der Waals surface area (Å²) in [4.78, 5) is 12.3. The Morgan fingerprint density at radius 2 is 1.91 bits per heavy atom. The van der Waals surface area contributed by atoms with Crippen LogP contribution < -0.4 is 10.6 Å². The van der Waals surface area contributed by atoms with Crippen LogP contribution in [0.1, 0.15) is 45.1 Å². The van der Waals surface area contributed by atoms with Gasteiger partial charge in [0.2, 0.25) is 5.91 Å². The second-order valence-corrected chi connectivity index (χ2v) is 6.63. The lowest BCUT2D eigenvalue weighted by molar-refractivity contribution is -0.123. The Kier molecular flexibility index (Phi) is 9.27. The molecule has 0 saturated carbocycles. The van der Waals surface area contributed by atoms with E-state index in [0.29, 0.717) is 18.3 Å². The number of hydrogen-bond acceptors (Lipinski definition) is 2. The first-order valence-corrected chi connectivity index (χ1v) is 8.73. The predicted molar refractivity (Wildman–Crippen MR) is 99.0 cm³/mol. The van der Waals surface area contributed by atoms with Crippen LogP contribution in [0.25, 0.3) is 0 Å². The first-order valence-electron chi connectivity index (χ1n) is 8.73. The SMILES string of the molecule is CCC(Cc1ccccc1)NC(=O)CC(C)C1CCNCC1.Cl. The normalized spacial score (nSPS) is 17.8. The van der Waals surface area contributed by atoms with E-state index >= 15 is 0 Å². The average molecular weight is 339 g/mol. The number of carbonyl (C=O) groups is 1. The maximum Gasteiger partial charge on any atom is 0.220 e. The molecule has 23 heavy (non-hydrogen) atoms. The molecule has 1 heterocycles. The Morgan fingerprint density at radius 3 is 2.52 bits per heavy atom. The highest BCUT2D eigenvalue weighted by Gasteiger charge is 2.22. The topological polar surface area (TPSA) is 41.1 Å². The quantitative estimate of drug-likeness (QED) is 0.798. The van der Waals surface area contributed by atoms with Crippen LogP contribution in [0.4, 0.5) is 0 Å². The Balaban J connectivity index is 0.00000264. The lowest BCUT2D eigenvalue weighted by atomic mass is 9.84. The Hall–Kier alpha value is -1.06. The van der Waals surface area contributed by atoms with E-state index in [9.17, 15) is 4.79 Å². The molecule has 130 valence electrons. The summed E-state index contributed by atoms with van der Waals surface area (Å²) in [7, 11) is 0. The molecule has 0 bridgehead atoms. The number of nitrogens with one attached hydrogen (secondary N) is 2. The van der Waals surface area contributed by atoms with Crippen molar-refractivity contribution in [2.45, 2.75) is 52.0 Å². The van der Waals surface area contributed by atoms with E-state index in [0.717, 1.165) is 25.9 Å². The molecule has 4 heteroatoms. The molecule has 1 aromatic carbocycles. The zero-order valence-electron chi connectivity index (χ0n) is 14.4. The summed E-state index contributed by atoms with van der Waals surface area (Å²) in [5.74, 6) is 1.39. The van der Waals surface area contributed by atoms with Crippen molar-refractivity contribution in [1.29, 1.82) is 0 Å². The molecule has 0 aliphatic carbocycles. The third kappa shape index (κ3) is 6.92. The molecule has 0 spiro atoms. The molecule has 0 radical (unpaired) electrons. The van der Waals surface area contributed by atoms with Crippen molar-refractivity contribution in [3.63, 3.8) is 0 Å². The summed E-state index contributed by atoms with van der Waals surface area (Å²) in [5, 5.41) is 6.62. The number of benzene rings is 1. The molecule has 1 aromatic rings. The van der Waals surface area contributed by atoms with Gasteiger partial charge in [0.25, 0.3) is 0 Å². The minimum absolute atomic E-state index is 0. The van der Waals surface area contributed by atoms with Gasteiger partial charge < -0.3 is 10.6 Å². The van der Waals surface area contributed by atoms with Crippen LogP contribution >= 0.6 is 12.4 Å². The third-order valence-corrected chi connectivity index (χ3v) is 4.88. The van der Waals surface area contributed by atoms with Crippen LogP contribution in [0.15, 0.2) is 30.3 Å². The van der Waals surface area contributed by atoms with E-state index in [2.05, 4.69) is 48.7 Å². The maximum atomic E-state index is 12.3. The van der Waals surface area contributed by atoms with Crippen molar-refractivity contribution in [2.75, 3.05) is 13.1 Å². The van der Waals surface area contributed by atoms with E-state index in [1.165, 1.54) is 18.4 Å². The zero-order valence-corrected chi connectivity index (χ0v) is 15.2. The van der Waals surface area contributed by atoms with Crippen molar-refractivity contribution in [1.82, 2.24) is 10.6 Å². The van der Waals surface area contributed by atoms with Gasteiger partial charge in [0.15, 0.2) is 0 Å². The highest BCUT2D eigenvalue weighted by molar-refractivity contribution is 5.85. The molecule has 2 atom stereocenters. The molecular weight excluding hydrogens is 308 g/mol. The van der Waals surface area contributed by atoms with Crippen LogP contribution in [0.5, 0.6) is 0 Å². The van der Waals surface area contributed by atoms with Crippen molar-refractivity contribution < 1.29 is 4.79 Å². The van der Waals surface area contributed by atoms with Crippen LogP contribution in [0.2, 0.25) is 0 Å². The number of halogens is 1. The van der Waals surface area contributed by atoms with Gasteiger partial charge in [-0.25, -0.2) is 0 Å². The van der Waals surface area contributed by atoms with Crippen molar-refractivity contribution in [3.8, 4) is 0 Å². The predicted octanol–water partition coefficient (Wildman–Crippen LogP) is 3.57. The standard InChI is InChI=1S/C19H30N2O.ClH/c1-3-18(14-16-7-5-4-6-8-16)21-19(22)13-15(2)17-9-11-20-12-10-17;/h4-8,15,17-18,20H,3,9-14H2,1-2H3,(H,21,22);1H. The minimum Gasteiger partial charge on any atom is -0.353 e. The summed E-state index contributed by atoms with van der Waals surface area (Å²) in [6.07, 6.45) is 4.97. The lowest BCUT2D eigenvalue weighted by Crippen LogP contribution is -2.38. The highest BCUT2D eigenvalue weighted by atomic mass is 35.5. The van der Waals surface area contributed by atoms with Gasteiger partial charge in [-0.3, -0.25) is 4.79 Å². The molecular formula is C19H31ClN2O. The van der Waals surface area contributed by atoms with Gasteiger partial charge in [0, 0.05) is 12.5 Å². The Bertz CT molecular complexity index is 446. The largest absolute Gasteiger partial charge is 0.353 e. The van der Waals surface area contributed by atoms with Crippen molar-refractivity contribution in [3.05, 3.63) is 35.9 Å². The van der Waals surface area contributed by atoms with Gasteiger partial charge in [-0.1, -0.05) is 44.2 Å². The summed E-state index contributed by atoms with van der Waals surface area (Å²) in [6.45, 7) is 6.57. The highest BCUT2D eigenvalue weighted by Crippen LogP contribution is 2.24. The molecule has 1 aliphatic heterocycles. The molecule has 2 N–H and O–H groups in total. The van der Waals surface area contributed by atoms with E-state index in [1.54, 1.807) is 0 Å².